The van der Waals surface area contributed by atoms with Crippen LogP contribution in [0.15, 0.2) is 89.9 Å². The number of methoxy groups -OCH3 is 4. The molecule has 0 amide bonds. The van der Waals surface area contributed by atoms with E-state index in [1.807, 2.05) is 54.6 Å². The Balaban J connectivity index is 1.54. The van der Waals surface area contributed by atoms with Crippen molar-refractivity contribution in [3.05, 3.63) is 107 Å². The number of aromatic nitrogens is 1. The molecule has 2 heterocycles. The minimum atomic E-state index is -2.79. The lowest BCUT2D eigenvalue weighted by molar-refractivity contribution is 0.414. The number of ether oxygens (including phenoxy) is 4. The molecular formula is C33H29BF2N2O4. The summed E-state index contributed by atoms with van der Waals surface area (Å²) >= 11 is 0. The Bertz CT molecular complexity index is 1790. The number of nitrogens with zero attached hydrogens (tertiary/aromatic N) is 1. The number of hydrogen-bond donors (Lipinski definition) is 1. The van der Waals surface area contributed by atoms with Crippen LogP contribution in [0.25, 0.3) is 22.0 Å². The van der Waals surface area contributed by atoms with Crippen molar-refractivity contribution in [3.8, 4) is 34.3 Å². The van der Waals surface area contributed by atoms with Gasteiger partial charge in [-0.25, -0.2) is 0 Å². The summed E-state index contributed by atoms with van der Waals surface area (Å²) in [5.41, 5.74) is 2.79. The molecular weight excluding hydrogens is 537 g/mol. The molecule has 9 heteroatoms. The van der Waals surface area contributed by atoms with Crippen LogP contribution in [0, 0.1) is 0 Å². The molecule has 1 aromatic heterocycles. The molecule has 0 aliphatic carbocycles. The maximum atomic E-state index is 15.5. The molecule has 1 aliphatic heterocycles. The highest BCUT2D eigenvalue weighted by atomic mass is 19.2. The normalized spacial score (nSPS) is 15.7. The van der Waals surface area contributed by atoms with Crippen LogP contribution in [-0.2, 0) is 11.9 Å². The molecule has 6 nitrogen and oxygen atoms in total. The molecule has 4 aromatic carbocycles. The third kappa shape index (κ3) is 4.55. The summed E-state index contributed by atoms with van der Waals surface area (Å²) in [6.07, 6.45) is -0.0529. The van der Waals surface area contributed by atoms with E-state index in [4.69, 9.17) is 23.9 Å². The van der Waals surface area contributed by atoms with Gasteiger partial charge >= 0.3 is 7.27 Å². The van der Waals surface area contributed by atoms with Crippen molar-refractivity contribution in [2.45, 2.75) is 11.9 Å². The van der Waals surface area contributed by atoms with Crippen LogP contribution in [0.5, 0.6) is 23.0 Å². The topological polar surface area (TPSA) is 65.1 Å². The fourth-order valence-corrected chi connectivity index (χ4v) is 5.69. The molecule has 42 heavy (non-hydrogen) atoms. The lowest BCUT2D eigenvalue weighted by atomic mass is 9.63. The van der Waals surface area contributed by atoms with Crippen molar-refractivity contribution in [1.82, 2.24) is 4.98 Å². The van der Waals surface area contributed by atoms with Gasteiger partial charge in [-0.15, -0.1) is 0 Å². The van der Waals surface area contributed by atoms with Crippen LogP contribution < -0.4 is 18.9 Å². The van der Waals surface area contributed by atoms with E-state index in [-0.39, 0.29) is 6.42 Å². The van der Waals surface area contributed by atoms with E-state index in [0.29, 0.717) is 45.3 Å². The monoisotopic (exact) mass is 566 g/mol. The summed E-state index contributed by atoms with van der Waals surface area (Å²) in [5, 5.41) is 1.69. The first kappa shape index (κ1) is 27.4. The van der Waals surface area contributed by atoms with Crippen LogP contribution >= 0.6 is 0 Å². The molecule has 0 fully saturated rings. The number of benzene rings is 4. The highest BCUT2D eigenvalue weighted by molar-refractivity contribution is 6.48. The first-order chi connectivity index (χ1) is 20.4. The van der Waals surface area contributed by atoms with E-state index in [1.54, 1.807) is 58.8 Å². The van der Waals surface area contributed by atoms with Crippen LogP contribution in [0.3, 0.4) is 0 Å². The molecule has 0 bridgehead atoms. The van der Waals surface area contributed by atoms with Gasteiger partial charge in [0.05, 0.1) is 39.8 Å². The standard InChI is InChI=1S/C33H29BF2N2O4/c1-39-22-9-5-20(6-10-22)31-27-17-24(41-3)13-15-26(27)30(37-31)19-33(34(35)36)29-16-14-25(42-4)18-28(29)32(38-33)21-7-11-23(40-2)12-8-21/h5-18,37H,19H2,1-4H3. The number of rotatable bonds is 9. The van der Waals surface area contributed by atoms with Crippen molar-refractivity contribution >= 4 is 23.8 Å². The highest BCUT2D eigenvalue weighted by Crippen LogP contribution is 2.46. The second kappa shape index (κ2) is 10.9. The van der Waals surface area contributed by atoms with Gasteiger partial charge in [-0.3, -0.25) is 13.6 Å². The lowest BCUT2D eigenvalue weighted by Gasteiger charge is -2.24. The third-order valence-corrected chi connectivity index (χ3v) is 7.91. The Kier molecular flexibility index (Phi) is 7.10. The molecule has 1 aliphatic rings. The summed E-state index contributed by atoms with van der Waals surface area (Å²) in [4.78, 5) is 8.32. The van der Waals surface area contributed by atoms with Gasteiger partial charge in [0.2, 0.25) is 0 Å². The van der Waals surface area contributed by atoms with Crippen molar-refractivity contribution in [2.75, 3.05) is 28.4 Å². The number of nitrogens with one attached hydrogen (secondary N) is 1. The van der Waals surface area contributed by atoms with Gasteiger partial charge in [-0.05, 0) is 90.0 Å². The average molecular weight is 566 g/mol. The van der Waals surface area contributed by atoms with Crippen molar-refractivity contribution in [3.63, 3.8) is 0 Å². The summed E-state index contributed by atoms with van der Waals surface area (Å²) in [6.45, 7) is 0. The zero-order valence-corrected chi connectivity index (χ0v) is 23.7. The third-order valence-electron chi connectivity index (χ3n) is 7.91. The van der Waals surface area contributed by atoms with Gasteiger partial charge in [-0.1, -0.05) is 6.07 Å². The first-order valence-corrected chi connectivity index (χ1v) is 13.4. The number of aromatic amines is 1. The Morgan fingerprint density at radius 1 is 0.667 bits per heavy atom. The first-order valence-electron chi connectivity index (χ1n) is 13.4. The predicted molar refractivity (Wildman–Crippen MR) is 162 cm³/mol. The summed E-state index contributed by atoms with van der Waals surface area (Å²) in [7, 11) is 3.57. The fourth-order valence-electron chi connectivity index (χ4n) is 5.69. The minimum Gasteiger partial charge on any atom is -0.497 e. The predicted octanol–water partition coefficient (Wildman–Crippen LogP) is 7.12. The highest BCUT2D eigenvalue weighted by Gasteiger charge is 2.53. The molecule has 0 radical (unpaired) electrons. The summed E-state index contributed by atoms with van der Waals surface area (Å²) in [6, 6.07) is 25.7. The average Bonchev–Trinajstić information content (AvgIpc) is 3.56. The molecule has 0 saturated heterocycles. The smallest absolute Gasteiger partial charge is 0.497 e. The molecule has 1 atom stereocenters. The number of halogens is 2. The van der Waals surface area contributed by atoms with E-state index in [1.165, 1.54) is 0 Å². The van der Waals surface area contributed by atoms with Gasteiger partial charge in [0.1, 0.15) is 28.4 Å². The summed E-state index contributed by atoms with van der Waals surface area (Å²) < 4.78 is 52.6. The van der Waals surface area contributed by atoms with Gasteiger partial charge in [-0.2, -0.15) is 0 Å². The second-order valence-corrected chi connectivity index (χ2v) is 10.1. The van der Waals surface area contributed by atoms with Gasteiger partial charge in [0.25, 0.3) is 0 Å². The molecule has 212 valence electrons. The SMILES string of the molecule is COc1ccc(C2=NC(Cc3[nH]c(-c4ccc(OC)cc4)c4cc(OC)ccc34)(B(F)F)c3ccc(OC)cc32)cc1. The zero-order valence-electron chi connectivity index (χ0n) is 23.7. The van der Waals surface area contributed by atoms with Crippen LogP contribution in [0.1, 0.15) is 22.4 Å². The molecule has 6 rings (SSSR count). The van der Waals surface area contributed by atoms with E-state index in [0.717, 1.165) is 27.8 Å². The maximum absolute atomic E-state index is 15.5. The van der Waals surface area contributed by atoms with Crippen LogP contribution in [0.2, 0.25) is 0 Å². The summed E-state index contributed by atoms with van der Waals surface area (Å²) in [5.74, 6) is 2.63. The molecule has 1 N–H and O–H groups in total. The minimum absolute atomic E-state index is 0.0529. The van der Waals surface area contributed by atoms with Crippen molar-refractivity contribution in [1.29, 1.82) is 0 Å². The quantitative estimate of drug-likeness (QED) is 0.193. The number of aliphatic imine (C=N–C) groups is 1. The van der Waals surface area contributed by atoms with E-state index in [2.05, 4.69) is 4.98 Å². The Hall–Kier alpha value is -4.79. The lowest BCUT2D eigenvalue weighted by Crippen LogP contribution is -2.37. The number of H-pyrrole nitrogens is 1. The van der Waals surface area contributed by atoms with Crippen LogP contribution in [0.4, 0.5) is 8.63 Å². The van der Waals surface area contributed by atoms with Gasteiger partial charge in [0.15, 0.2) is 0 Å². The Morgan fingerprint density at radius 2 is 1.21 bits per heavy atom. The van der Waals surface area contributed by atoms with E-state index in [9.17, 15) is 0 Å². The number of fused-ring (bicyclic) bond motifs is 2. The van der Waals surface area contributed by atoms with Gasteiger partial charge < -0.3 is 23.9 Å². The van der Waals surface area contributed by atoms with Crippen molar-refractivity contribution < 1.29 is 27.6 Å². The van der Waals surface area contributed by atoms with Crippen LogP contribution in [-0.4, -0.2) is 46.4 Å². The molecule has 0 saturated carbocycles. The zero-order chi connectivity index (χ0) is 29.4. The van der Waals surface area contributed by atoms with Crippen molar-refractivity contribution in [2.24, 2.45) is 4.99 Å². The van der Waals surface area contributed by atoms with E-state index >= 15 is 8.63 Å². The maximum Gasteiger partial charge on any atom is 0.570 e. The fraction of sp³-hybridized carbons (Fsp3) is 0.182. The molecule has 5 aromatic rings. The second-order valence-electron chi connectivity index (χ2n) is 10.1. The largest absolute Gasteiger partial charge is 0.570 e. The van der Waals surface area contributed by atoms with Gasteiger partial charge in [0, 0.05) is 34.0 Å². The molecule has 1 unspecified atom stereocenters. The Labute approximate surface area is 243 Å². The molecule has 0 spiro atoms. The van der Waals surface area contributed by atoms with E-state index < -0.39 is 12.7 Å². The Morgan fingerprint density at radius 3 is 1.81 bits per heavy atom. The number of hydrogen-bond acceptors (Lipinski definition) is 5.